The molecule has 0 aliphatic carbocycles. The van der Waals surface area contributed by atoms with Gasteiger partial charge in [0.1, 0.15) is 0 Å². The molecule has 48 heavy (non-hydrogen) atoms. The third-order valence-electron chi connectivity index (χ3n) is 9.51. The largest absolute Gasteiger partial charge is 0.310 e. The lowest BCUT2D eigenvalue weighted by Crippen LogP contribution is -2.30. The van der Waals surface area contributed by atoms with E-state index in [9.17, 15) is 5.26 Å². The molecule has 8 rings (SSSR count). The van der Waals surface area contributed by atoms with E-state index >= 15 is 0 Å². The van der Waals surface area contributed by atoms with Crippen molar-refractivity contribution in [3.63, 3.8) is 0 Å². The fraction of sp³-hybridized carbons (Fsp3) is 0.0667. The molecule has 2 heterocycles. The van der Waals surface area contributed by atoms with Crippen molar-refractivity contribution >= 4 is 17.1 Å². The molecule has 0 bridgehead atoms. The molecule has 228 valence electrons. The Bertz CT molecular complexity index is 2310. The summed E-state index contributed by atoms with van der Waals surface area (Å²) in [5.41, 5.74) is 14.6. The number of fused-ring (bicyclic) bond motifs is 2. The molecular weight excluding hydrogens is 583 g/mol. The van der Waals surface area contributed by atoms with Gasteiger partial charge in [-0.25, -0.2) is 4.98 Å². The van der Waals surface area contributed by atoms with Gasteiger partial charge in [-0.05, 0) is 75.8 Å². The molecule has 0 radical (unpaired) electrons. The topological polar surface area (TPSA) is 39.9 Å². The predicted octanol–water partition coefficient (Wildman–Crippen LogP) is 11.7. The van der Waals surface area contributed by atoms with Crippen LogP contribution in [0.3, 0.4) is 0 Å². The smallest absolute Gasteiger partial charge is 0.0998 e. The summed E-state index contributed by atoms with van der Waals surface area (Å²) in [5, 5.41) is 9.66. The van der Waals surface area contributed by atoms with Crippen molar-refractivity contribution in [1.82, 2.24) is 4.98 Å². The lowest BCUT2D eigenvalue weighted by molar-refractivity contribution is 0.632. The Kier molecular flexibility index (Phi) is 7.20. The van der Waals surface area contributed by atoms with Gasteiger partial charge in [-0.1, -0.05) is 135 Å². The molecule has 0 unspecified atom stereocenters. The minimum Gasteiger partial charge on any atom is -0.310 e. The van der Waals surface area contributed by atoms with Crippen LogP contribution < -0.4 is 4.90 Å². The zero-order valence-corrected chi connectivity index (χ0v) is 26.9. The number of anilines is 3. The zero-order chi connectivity index (χ0) is 32.7. The Morgan fingerprint density at radius 3 is 1.83 bits per heavy atom. The number of hydrogen-bond donors (Lipinski definition) is 0. The predicted molar refractivity (Wildman–Crippen MR) is 198 cm³/mol. The Morgan fingerprint density at radius 2 is 1.08 bits per heavy atom. The maximum absolute atomic E-state index is 9.66. The first-order valence-electron chi connectivity index (χ1n) is 16.3. The molecule has 1 aromatic heterocycles. The second kappa shape index (κ2) is 11.8. The van der Waals surface area contributed by atoms with Gasteiger partial charge in [0.15, 0.2) is 0 Å². The van der Waals surface area contributed by atoms with E-state index in [1.54, 1.807) is 0 Å². The van der Waals surface area contributed by atoms with Crippen molar-refractivity contribution in [2.45, 2.75) is 19.3 Å². The molecule has 1 aliphatic heterocycles. The molecule has 1 aliphatic rings. The minimum absolute atomic E-state index is 0.174. The van der Waals surface area contributed by atoms with E-state index in [2.05, 4.69) is 158 Å². The first-order chi connectivity index (χ1) is 23.5. The number of hydrogen-bond acceptors (Lipinski definition) is 3. The minimum atomic E-state index is -0.174. The summed E-state index contributed by atoms with van der Waals surface area (Å²) in [6.45, 7) is 4.63. The van der Waals surface area contributed by atoms with Gasteiger partial charge in [-0.2, -0.15) is 5.26 Å². The van der Waals surface area contributed by atoms with Crippen LogP contribution in [-0.4, -0.2) is 4.98 Å². The molecule has 0 N–H and O–H groups in total. The number of rotatable bonds is 5. The average Bonchev–Trinajstić information content (AvgIpc) is 3.15. The maximum Gasteiger partial charge on any atom is 0.0998 e. The Balaban J connectivity index is 1.28. The van der Waals surface area contributed by atoms with Crippen molar-refractivity contribution in [1.29, 1.82) is 5.26 Å². The number of pyridine rings is 1. The fourth-order valence-electron chi connectivity index (χ4n) is 7.01. The van der Waals surface area contributed by atoms with Gasteiger partial charge < -0.3 is 4.90 Å². The van der Waals surface area contributed by atoms with Crippen molar-refractivity contribution in [2.24, 2.45) is 0 Å². The van der Waals surface area contributed by atoms with Gasteiger partial charge in [-0.3, -0.25) is 0 Å². The van der Waals surface area contributed by atoms with Crippen molar-refractivity contribution in [3.8, 4) is 50.8 Å². The molecule has 3 heteroatoms. The third kappa shape index (κ3) is 5.05. The van der Waals surface area contributed by atoms with Gasteiger partial charge in [-0.15, -0.1) is 0 Å². The summed E-state index contributed by atoms with van der Waals surface area (Å²) < 4.78 is 0. The average molecular weight is 616 g/mol. The number of nitrogens with zero attached hydrogens (tertiary/aromatic N) is 3. The summed E-state index contributed by atoms with van der Waals surface area (Å²) in [7, 11) is 0. The number of para-hydroxylation sites is 2. The first kappa shape index (κ1) is 29.2. The van der Waals surface area contributed by atoms with E-state index in [0.717, 1.165) is 56.1 Å². The van der Waals surface area contributed by atoms with E-state index in [0.29, 0.717) is 5.56 Å². The van der Waals surface area contributed by atoms with Crippen LogP contribution in [0.15, 0.2) is 164 Å². The second-order valence-electron chi connectivity index (χ2n) is 12.8. The van der Waals surface area contributed by atoms with E-state index in [1.807, 2.05) is 30.3 Å². The van der Waals surface area contributed by atoms with Gasteiger partial charge in [0.2, 0.25) is 0 Å². The van der Waals surface area contributed by atoms with E-state index in [1.165, 1.54) is 16.8 Å². The highest BCUT2D eigenvalue weighted by Crippen LogP contribution is 2.52. The molecule has 0 fully saturated rings. The van der Waals surface area contributed by atoms with Crippen molar-refractivity contribution in [2.75, 3.05) is 4.90 Å². The number of nitriles is 1. The lowest BCUT2D eigenvalue weighted by atomic mass is 9.73. The molecule has 0 atom stereocenters. The fourth-order valence-corrected chi connectivity index (χ4v) is 7.01. The van der Waals surface area contributed by atoms with Crippen molar-refractivity contribution < 1.29 is 0 Å². The molecule has 0 saturated heterocycles. The number of benzene rings is 6. The standard InChI is InChI=1S/C45H33N3/c1-45(2)39-19-11-12-20-43(39)48(37-16-7-4-8-17-37)44-29-34(25-26-40(44)45)42-28-36(31-13-5-3-6-14-31)27-41(47-42)33-23-21-32(22-24-33)38-18-10-9-15-35(38)30-46/h3-29H,1-2H3. The van der Waals surface area contributed by atoms with Crippen LogP contribution in [0.25, 0.3) is 44.8 Å². The van der Waals surface area contributed by atoms with Crippen LogP contribution in [0.2, 0.25) is 0 Å². The molecule has 0 amide bonds. The van der Waals surface area contributed by atoms with Crippen LogP contribution in [-0.2, 0) is 5.41 Å². The third-order valence-corrected chi connectivity index (χ3v) is 9.51. The van der Waals surface area contributed by atoms with E-state index in [-0.39, 0.29) is 5.41 Å². The van der Waals surface area contributed by atoms with Gasteiger partial charge in [0.05, 0.1) is 34.4 Å². The monoisotopic (exact) mass is 615 g/mol. The van der Waals surface area contributed by atoms with E-state index in [4.69, 9.17) is 4.98 Å². The van der Waals surface area contributed by atoms with Gasteiger partial charge in [0.25, 0.3) is 0 Å². The summed E-state index contributed by atoms with van der Waals surface area (Å²) in [6, 6.07) is 59.5. The van der Waals surface area contributed by atoms with Crippen LogP contribution >= 0.6 is 0 Å². The summed E-state index contributed by atoms with van der Waals surface area (Å²) >= 11 is 0. The molecular formula is C45H33N3. The van der Waals surface area contributed by atoms with Gasteiger partial charge in [0, 0.05) is 22.2 Å². The summed E-state index contributed by atoms with van der Waals surface area (Å²) in [5.74, 6) is 0. The Hall–Kier alpha value is -6.24. The Morgan fingerprint density at radius 1 is 0.500 bits per heavy atom. The summed E-state index contributed by atoms with van der Waals surface area (Å²) in [6.07, 6.45) is 0. The molecule has 7 aromatic rings. The molecule has 0 saturated carbocycles. The van der Waals surface area contributed by atoms with Crippen LogP contribution in [0.5, 0.6) is 0 Å². The van der Waals surface area contributed by atoms with Crippen LogP contribution in [0.4, 0.5) is 17.1 Å². The quantitative estimate of drug-likeness (QED) is 0.193. The second-order valence-corrected chi connectivity index (χ2v) is 12.8. The van der Waals surface area contributed by atoms with Crippen LogP contribution in [0.1, 0.15) is 30.5 Å². The highest BCUT2D eigenvalue weighted by molar-refractivity contribution is 5.88. The maximum atomic E-state index is 9.66. The Labute approximate surface area is 282 Å². The SMILES string of the molecule is CC1(C)c2ccccc2N(c2ccccc2)c2cc(-c3cc(-c4ccccc4)cc(-c4ccc(-c5ccccc5C#N)cc4)n3)ccc21. The highest BCUT2D eigenvalue weighted by atomic mass is 15.2. The molecule has 3 nitrogen and oxygen atoms in total. The van der Waals surface area contributed by atoms with Crippen molar-refractivity contribution in [3.05, 3.63) is 180 Å². The zero-order valence-electron chi connectivity index (χ0n) is 26.9. The van der Waals surface area contributed by atoms with Gasteiger partial charge >= 0.3 is 0 Å². The first-order valence-corrected chi connectivity index (χ1v) is 16.3. The molecule has 0 spiro atoms. The highest BCUT2D eigenvalue weighted by Gasteiger charge is 2.36. The lowest BCUT2D eigenvalue weighted by Gasteiger charge is -2.42. The number of aromatic nitrogens is 1. The van der Waals surface area contributed by atoms with Crippen LogP contribution in [0, 0.1) is 11.3 Å². The molecule has 6 aromatic carbocycles. The van der Waals surface area contributed by atoms with E-state index < -0.39 is 0 Å². The normalized spacial score (nSPS) is 12.9. The summed E-state index contributed by atoms with van der Waals surface area (Å²) in [4.78, 5) is 7.68.